The second-order valence-corrected chi connectivity index (χ2v) is 7.16. The van der Waals surface area contributed by atoms with Crippen LogP contribution in [0.2, 0.25) is 0 Å². The number of nitrogens with zero attached hydrogens (tertiary/aromatic N) is 1. The Morgan fingerprint density at radius 2 is 1.64 bits per heavy atom. The van der Waals surface area contributed by atoms with Crippen LogP contribution in [0.15, 0.2) is 42.5 Å². The SMILES string of the molecule is O=C(NCc1ccc2c(c1)OCO2)c1cccc(C(=O)N2CCCCCC2)c1. The highest BCUT2D eigenvalue weighted by Gasteiger charge is 2.19. The van der Waals surface area contributed by atoms with Crippen LogP contribution in [0.4, 0.5) is 0 Å². The molecular formula is C22H24N2O4. The van der Waals surface area contributed by atoms with Crippen LogP contribution < -0.4 is 14.8 Å². The Morgan fingerprint density at radius 3 is 2.46 bits per heavy atom. The van der Waals surface area contributed by atoms with E-state index in [4.69, 9.17) is 9.47 Å². The molecule has 28 heavy (non-hydrogen) atoms. The third-order valence-corrected chi connectivity index (χ3v) is 5.16. The maximum Gasteiger partial charge on any atom is 0.253 e. The van der Waals surface area contributed by atoms with E-state index in [1.165, 1.54) is 12.8 Å². The Kier molecular flexibility index (Phi) is 5.46. The third kappa shape index (κ3) is 4.11. The Hall–Kier alpha value is -3.02. The predicted octanol–water partition coefficient (Wildman–Crippen LogP) is 3.36. The van der Waals surface area contributed by atoms with Crippen molar-refractivity contribution in [2.24, 2.45) is 0 Å². The van der Waals surface area contributed by atoms with Gasteiger partial charge in [-0.3, -0.25) is 9.59 Å². The molecule has 0 saturated carbocycles. The van der Waals surface area contributed by atoms with Gasteiger partial charge in [0.15, 0.2) is 11.5 Å². The molecule has 1 N–H and O–H groups in total. The summed E-state index contributed by atoms with van der Waals surface area (Å²) in [5.41, 5.74) is 1.98. The van der Waals surface area contributed by atoms with E-state index in [0.29, 0.717) is 23.4 Å². The van der Waals surface area contributed by atoms with E-state index in [9.17, 15) is 9.59 Å². The second-order valence-electron chi connectivity index (χ2n) is 7.16. The molecule has 1 saturated heterocycles. The zero-order valence-electron chi connectivity index (χ0n) is 15.8. The van der Waals surface area contributed by atoms with Gasteiger partial charge in [0.05, 0.1) is 0 Å². The Morgan fingerprint density at radius 1 is 0.893 bits per heavy atom. The van der Waals surface area contributed by atoms with E-state index in [0.717, 1.165) is 37.2 Å². The summed E-state index contributed by atoms with van der Waals surface area (Å²) in [5, 5.41) is 2.90. The van der Waals surface area contributed by atoms with Crippen LogP contribution in [0.5, 0.6) is 11.5 Å². The summed E-state index contributed by atoms with van der Waals surface area (Å²) in [6.45, 7) is 2.18. The Labute approximate surface area is 164 Å². The topological polar surface area (TPSA) is 67.9 Å². The van der Waals surface area contributed by atoms with Crippen molar-refractivity contribution in [3.05, 3.63) is 59.2 Å². The van der Waals surface area contributed by atoms with Crippen molar-refractivity contribution < 1.29 is 19.1 Å². The fourth-order valence-electron chi connectivity index (χ4n) is 3.59. The number of hydrogen-bond donors (Lipinski definition) is 1. The third-order valence-electron chi connectivity index (χ3n) is 5.16. The van der Waals surface area contributed by atoms with Gasteiger partial charge in [-0.15, -0.1) is 0 Å². The van der Waals surface area contributed by atoms with E-state index in [-0.39, 0.29) is 18.6 Å². The Bertz CT molecular complexity index is 873. The number of ether oxygens (including phenoxy) is 2. The van der Waals surface area contributed by atoms with Crippen molar-refractivity contribution in [1.82, 2.24) is 10.2 Å². The molecule has 2 aliphatic heterocycles. The van der Waals surface area contributed by atoms with E-state index < -0.39 is 0 Å². The summed E-state index contributed by atoms with van der Waals surface area (Å²) in [6.07, 6.45) is 4.43. The van der Waals surface area contributed by atoms with Crippen LogP contribution in [0.3, 0.4) is 0 Å². The molecule has 2 heterocycles. The van der Waals surface area contributed by atoms with Gasteiger partial charge in [-0.1, -0.05) is 25.0 Å². The van der Waals surface area contributed by atoms with Gasteiger partial charge < -0.3 is 19.7 Å². The average Bonchev–Trinajstić information content (AvgIpc) is 3.03. The maximum atomic E-state index is 12.8. The number of fused-ring (bicyclic) bond motifs is 1. The normalized spacial score (nSPS) is 15.8. The van der Waals surface area contributed by atoms with Gasteiger partial charge in [-0.25, -0.2) is 0 Å². The van der Waals surface area contributed by atoms with Crippen LogP contribution >= 0.6 is 0 Å². The van der Waals surface area contributed by atoms with Crippen LogP contribution in [0.25, 0.3) is 0 Å². The zero-order chi connectivity index (χ0) is 19.3. The minimum Gasteiger partial charge on any atom is -0.454 e. The van der Waals surface area contributed by atoms with E-state index in [1.54, 1.807) is 24.3 Å². The molecule has 6 nitrogen and oxygen atoms in total. The molecule has 1 fully saturated rings. The van der Waals surface area contributed by atoms with Crippen molar-refractivity contribution in [3.8, 4) is 11.5 Å². The number of amides is 2. The number of benzene rings is 2. The van der Waals surface area contributed by atoms with Crippen molar-refractivity contribution in [2.45, 2.75) is 32.2 Å². The van der Waals surface area contributed by atoms with Crippen LogP contribution in [-0.4, -0.2) is 36.6 Å². The average molecular weight is 380 g/mol. The smallest absolute Gasteiger partial charge is 0.253 e. The van der Waals surface area contributed by atoms with E-state index in [2.05, 4.69) is 5.32 Å². The molecule has 0 aromatic heterocycles. The molecule has 4 rings (SSSR count). The monoisotopic (exact) mass is 380 g/mol. The van der Waals surface area contributed by atoms with E-state index >= 15 is 0 Å². The molecule has 0 radical (unpaired) electrons. The lowest BCUT2D eigenvalue weighted by Crippen LogP contribution is -2.32. The fraction of sp³-hybridized carbons (Fsp3) is 0.364. The largest absolute Gasteiger partial charge is 0.454 e. The predicted molar refractivity (Wildman–Crippen MR) is 105 cm³/mol. The first-order valence-electron chi connectivity index (χ1n) is 9.77. The first-order chi connectivity index (χ1) is 13.7. The first-order valence-corrected chi connectivity index (χ1v) is 9.77. The lowest BCUT2D eigenvalue weighted by molar-refractivity contribution is 0.0761. The quantitative estimate of drug-likeness (QED) is 0.883. The van der Waals surface area contributed by atoms with Crippen molar-refractivity contribution >= 4 is 11.8 Å². The number of likely N-dealkylation sites (tertiary alicyclic amines) is 1. The van der Waals surface area contributed by atoms with Gasteiger partial charge in [0.25, 0.3) is 11.8 Å². The van der Waals surface area contributed by atoms with Gasteiger partial charge in [-0.05, 0) is 48.7 Å². The molecule has 0 bridgehead atoms. The number of nitrogens with one attached hydrogen (secondary N) is 1. The lowest BCUT2D eigenvalue weighted by atomic mass is 10.1. The summed E-state index contributed by atoms with van der Waals surface area (Å²) in [5.74, 6) is 1.21. The summed E-state index contributed by atoms with van der Waals surface area (Å²) in [6, 6.07) is 12.6. The van der Waals surface area contributed by atoms with Crippen molar-refractivity contribution in [1.29, 1.82) is 0 Å². The number of carbonyl (C=O) groups excluding carboxylic acids is 2. The summed E-state index contributed by atoms with van der Waals surface area (Å²) in [7, 11) is 0. The number of hydrogen-bond acceptors (Lipinski definition) is 4. The molecule has 0 aliphatic carbocycles. The van der Waals surface area contributed by atoms with Gasteiger partial charge in [0, 0.05) is 30.8 Å². The molecule has 146 valence electrons. The van der Waals surface area contributed by atoms with Crippen LogP contribution in [0, 0.1) is 0 Å². The van der Waals surface area contributed by atoms with Gasteiger partial charge in [0.1, 0.15) is 0 Å². The fourth-order valence-corrected chi connectivity index (χ4v) is 3.59. The number of rotatable bonds is 4. The van der Waals surface area contributed by atoms with Crippen molar-refractivity contribution in [2.75, 3.05) is 19.9 Å². The molecule has 0 unspecified atom stereocenters. The minimum atomic E-state index is -0.205. The highest BCUT2D eigenvalue weighted by Crippen LogP contribution is 2.32. The van der Waals surface area contributed by atoms with Gasteiger partial charge >= 0.3 is 0 Å². The van der Waals surface area contributed by atoms with Gasteiger partial charge in [0.2, 0.25) is 6.79 Å². The highest BCUT2D eigenvalue weighted by atomic mass is 16.7. The maximum absolute atomic E-state index is 12.8. The van der Waals surface area contributed by atoms with Crippen LogP contribution in [-0.2, 0) is 6.54 Å². The highest BCUT2D eigenvalue weighted by molar-refractivity contribution is 5.99. The minimum absolute atomic E-state index is 0.00678. The van der Waals surface area contributed by atoms with Crippen molar-refractivity contribution in [3.63, 3.8) is 0 Å². The number of carbonyl (C=O) groups is 2. The van der Waals surface area contributed by atoms with Gasteiger partial charge in [-0.2, -0.15) is 0 Å². The summed E-state index contributed by atoms with van der Waals surface area (Å²) in [4.78, 5) is 27.2. The lowest BCUT2D eigenvalue weighted by Gasteiger charge is -2.20. The zero-order valence-corrected chi connectivity index (χ0v) is 15.8. The van der Waals surface area contributed by atoms with Crippen LogP contribution in [0.1, 0.15) is 52.0 Å². The first kappa shape index (κ1) is 18.3. The summed E-state index contributed by atoms with van der Waals surface area (Å²) >= 11 is 0. The Balaban J connectivity index is 1.40. The molecule has 2 aliphatic rings. The molecule has 0 atom stereocenters. The molecule has 2 aromatic rings. The standard InChI is InChI=1S/C22H24N2O4/c25-21(23-14-16-8-9-19-20(12-16)28-15-27-19)17-6-5-7-18(13-17)22(26)24-10-3-1-2-4-11-24/h5-9,12-13H,1-4,10-11,14-15H2,(H,23,25). The molecule has 2 amide bonds. The molecular weight excluding hydrogens is 356 g/mol. The molecule has 2 aromatic carbocycles. The summed E-state index contributed by atoms with van der Waals surface area (Å²) < 4.78 is 10.7. The molecule has 0 spiro atoms. The second kappa shape index (κ2) is 8.33. The molecule has 6 heteroatoms. The van der Waals surface area contributed by atoms with E-state index in [1.807, 2.05) is 23.1 Å².